The summed E-state index contributed by atoms with van der Waals surface area (Å²) in [5.74, 6) is -1.40. The third-order valence-corrected chi connectivity index (χ3v) is 5.48. The number of carbonyl (C=O) groups is 2. The highest BCUT2D eigenvalue weighted by atomic mass is 35.5. The molecule has 0 aliphatic carbocycles. The Bertz CT molecular complexity index is 1230. The molecule has 31 heavy (non-hydrogen) atoms. The van der Waals surface area contributed by atoms with Crippen LogP contribution in [0.25, 0.3) is 6.08 Å². The summed E-state index contributed by atoms with van der Waals surface area (Å²) in [5.41, 5.74) is 2.34. The van der Waals surface area contributed by atoms with Gasteiger partial charge in [-0.15, -0.1) is 0 Å². The highest BCUT2D eigenvalue weighted by Gasteiger charge is 2.34. The maximum Gasteiger partial charge on any atom is 0.270 e. The lowest BCUT2D eigenvalue weighted by molar-refractivity contribution is -0.122. The molecule has 0 bridgehead atoms. The molecule has 0 spiro atoms. The minimum Gasteiger partial charge on any atom is -0.298 e. The summed E-state index contributed by atoms with van der Waals surface area (Å²) >= 11 is 11.6. The SMILES string of the molecule is O=C1NC(=S)N(c2ccccc2)C(=O)/C1=C\c1ccc(Cc2ccccc2F)c(Cl)c1. The number of hydrogen-bond donors (Lipinski definition) is 1. The number of nitrogens with zero attached hydrogens (tertiary/aromatic N) is 1. The Morgan fingerprint density at radius 1 is 0.968 bits per heavy atom. The summed E-state index contributed by atoms with van der Waals surface area (Å²) < 4.78 is 13.9. The van der Waals surface area contributed by atoms with Gasteiger partial charge in [-0.3, -0.25) is 19.8 Å². The lowest BCUT2D eigenvalue weighted by Crippen LogP contribution is -2.54. The zero-order valence-electron chi connectivity index (χ0n) is 16.1. The Morgan fingerprint density at radius 3 is 2.39 bits per heavy atom. The second-order valence-corrected chi connectivity index (χ2v) is 7.71. The lowest BCUT2D eigenvalue weighted by atomic mass is 10.0. The molecule has 0 saturated carbocycles. The molecule has 154 valence electrons. The van der Waals surface area contributed by atoms with Gasteiger partial charge < -0.3 is 0 Å². The molecule has 1 N–H and O–H groups in total. The number of rotatable bonds is 4. The van der Waals surface area contributed by atoms with Gasteiger partial charge >= 0.3 is 0 Å². The summed E-state index contributed by atoms with van der Waals surface area (Å²) in [7, 11) is 0. The molecule has 4 nitrogen and oxygen atoms in total. The van der Waals surface area contributed by atoms with Gasteiger partial charge in [-0.05, 0) is 59.2 Å². The number of anilines is 1. The van der Waals surface area contributed by atoms with E-state index in [9.17, 15) is 14.0 Å². The van der Waals surface area contributed by atoms with Crippen LogP contribution in [0, 0.1) is 5.82 Å². The first-order valence-electron chi connectivity index (χ1n) is 9.42. The van der Waals surface area contributed by atoms with E-state index in [0.29, 0.717) is 28.3 Å². The Kier molecular flexibility index (Phi) is 5.93. The van der Waals surface area contributed by atoms with Gasteiger partial charge in [0.2, 0.25) is 0 Å². The van der Waals surface area contributed by atoms with Crippen LogP contribution in [0.3, 0.4) is 0 Å². The van der Waals surface area contributed by atoms with Crippen LogP contribution in [0.15, 0.2) is 78.4 Å². The monoisotopic (exact) mass is 450 g/mol. The van der Waals surface area contributed by atoms with E-state index in [0.717, 1.165) is 5.56 Å². The van der Waals surface area contributed by atoms with Crippen molar-refractivity contribution in [2.24, 2.45) is 0 Å². The number of amides is 2. The second-order valence-electron chi connectivity index (χ2n) is 6.91. The smallest absolute Gasteiger partial charge is 0.270 e. The highest BCUT2D eigenvalue weighted by molar-refractivity contribution is 7.80. The average molecular weight is 451 g/mol. The van der Waals surface area contributed by atoms with Gasteiger partial charge in [-0.2, -0.15) is 0 Å². The van der Waals surface area contributed by atoms with Crippen LogP contribution >= 0.6 is 23.8 Å². The van der Waals surface area contributed by atoms with E-state index in [2.05, 4.69) is 5.32 Å². The van der Waals surface area contributed by atoms with Crippen LogP contribution in [0.5, 0.6) is 0 Å². The number of halogens is 2. The van der Waals surface area contributed by atoms with E-state index in [-0.39, 0.29) is 16.5 Å². The summed E-state index contributed by atoms with van der Waals surface area (Å²) in [6.45, 7) is 0. The molecule has 2 amide bonds. The molecule has 1 saturated heterocycles. The van der Waals surface area contributed by atoms with Crippen LogP contribution < -0.4 is 10.2 Å². The maximum atomic E-state index is 13.9. The summed E-state index contributed by atoms with van der Waals surface area (Å²) in [4.78, 5) is 26.7. The number of para-hydroxylation sites is 1. The van der Waals surface area contributed by atoms with E-state index < -0.39 is 11.8 Å². The Labute approximate surface area is 189 Å². The van der Waals surface area contributed by atoms with Crippen molar-refractivity contribution in [3.63, 3.8) is 0 Å². The molecule has 3 aromatic rings. The van der Waals surface area contributed by atoms with E-state index in [1.807, 2.05) is 6.07 Å². The van der Waals surface area contributed by atoms with Crippen molar-refractivity contribution >= 4 is 52.5 Å². The standard InChI is InChI=1S/C24H16ClFN2O2S/c25-20-13-15(10-11-16(20)14-17-6-4-5-9-21(17)26)12-19-22(29)27-24(31)28(23(19)30)18-7-2-1-3-8-18/h1-13H,14H2,(H,27,29,31)/b19-12-. The third-order valence-electron chi connectivity index (χ3n) is 4.84. The van der Waals surface area contributed by atoms with Crippen LogP contribution in [-0.4, -0.2) is 16.9 Å². The Hall–Kier alpha value is -3.35. The van der Waals surface area contributed by atoms with Crippen molar-refractivity contribution in [3.05, 3.63) is 106 Å². The molecule has 0 radical (unpaired) electrons. The molecule has 1 heterocycles. The highest BCUT2D eigenvalue weighted by Crippen LogP contribution is 2.25. The van der Waals surface area contributed by atoms with E-state index in [4.69, 9.17) is 23.8 Å². The number of hydrogen-bond acceptors (Lipinski definition) is 3. The first-order chi connectivity index (χ1) is 14.9. The largest absolute Gasteiger partial charge is 0.298 e. The van der Waals surface area contributed by atoms with Gasteiger partial charge in [0.15, 0.2) is 5.11 Å². The summed E-state index contributed by atoms with van der Waals surface area (Å²) in [6.07, 6.45) is 1.80. The van der Waals surface area contributed by atoms with Crippen molar-refractivity contribution in [2.75, 3.05) is 4.90 Å². The lowest BCUT2D eigenvalue weighted by Gasteiger charge is -2.28. The summed E-state index contributed by atoms with van der Waals surface area (Å²) in [5, 5.41) is 2.99. The van der Waals surface area contributed by atoms with Crippen LogP contribution in [0.2, 0.25) is 5.02 Å². The summed E-state index contributed by atoms with van der Waals surface area (Å²) in [6, 6.07) is 20.5. The molecule has 0 atom stereocenters. The zero-order chi connectivity index (χ0) is 22.0. The van der Waals surface area contributed by atoms with Crippen LogP contribution in [0.4, 0.5) is 10.1 Å². The van der Waals surface area contributed by atoms with Gasteiger partial charge in [-0.25, -0.2) is 4.39 Å². The minimum absolute atomic E-state index is 0.0246. The molecular weight excluding hydrogens is 435 g/mol. The molecule has 3 aromatic carbocycles. The van der Waals surface area contributed by atoms with Gasteiger partial charge in [-0.1, -0.05) is 60.1 Å². The number of benzene rings is 3. The van der Waals surface area contributed by atoms with Crippen molar-refractivity contribution in [1.29, 1.82) is 0 Å². The van der Waals surface area contributed by atoms with Crippen LogP contribution in [0.1, 0.15) is 16.7 Å². The molecule has 1 aliphatic heterocycles. The molecule has 4 rings (SSSR count). The van der Waals surface area contributed by atoms with E-state index >= 15 is 0 Å². The van der Waals surface area contributed by atoms with Gasteiger partial charge in [0.05, 0.1) is 5.69 Å². The Morgan fingerprint density at radius 2 is 1.68 bits per heavy atom. The van der Waals surface area contributed by atoms with Crippen molar-refractivity contribution in [1.82, 2.24) is 5.32 Å². The van der Waals surface area contributed by atoms with Gasteiger partial charge in [0.25, 0.3) is 11.8 Å². The number of thiocarbonyl (C=S) groups is 1. The first-order valence-corrected chi connectivity index (χ1v) is 10.2. The molecular formula is C24H16ClFN2O2S. The third kappa shape index (κ3) is 4.40. The number of nitrogens with one attached hydrogen (secondary N) is 1. The van der Waals surface area contributed by atoms with Crippen LogP contribution in [-0.2, 0) is 16.0 Å². The Balaban J connectivity index is 1.63. The molecule has 7 heteroatoms. The van der Waals surface area contributed by atoms with E-state index in [1.165, 1.54) is 17.0 Å². The van der Waals surface area contributed by atoms with Gasteiger partial charge in [0.1, 0.15) is 11.4 Å². The quantitative estimate of drug-likeness (QED) is 0.349. The molecule has 1 fully saturated rings. The van der Waals surface area contributed by atoms with Crippen molar-refractivity contribution in [3.8, 4) is 0 Å². The fourth-order valence-corrected chi connectivity index (χ4v) is 3.82. The molecule has 1 aliphatic rings. The maximum absolute atomic E-state index is 13.9. The predicted octanol–water partition coefficient (Wildman–Crippen LogP) is 4.90. The first kappa shape index (κ1) is 20.9. The van der Waals surface area contributed by atoms with Gasteiger partial charge in [0, 0.05) is 11.4 Å². The topological polar surface area (TPSA) is 49.4 Å². The minimum atomic E-state index is -0.575. The normalized spacial score (nSPS) is 15.4. The predicted molar refractivity (Wildman–Crippen MR) is 123 cm³/mol. The molecule has 0 unspecified atom stereocenters. The van der Waals surface area contributed by atoms with Crippen molar-refractivity contribution < 1.29 is 14.0 Å². The second kappa shape index (κ2) is 8.79. The fraction of sp³-hybridized carbons (Fsp3) is 0.0417. The van der Waals surface area contributed by atoms with Crippen molar-refractivity contribution in [2.45, 2.75) is 6.42 Å². The molecule has 0 aromatic heterocycles. The average Bonchev–Trinajstić information content (AvgIpc) is 2.75. The fourth-order valence-electron chi connectivity index (χ4n) is 3.28. The zero-order valence-corrected chi connectivity index (χ0v) is 17.7. The number of carbonyl (C=O) groups excluding carboxylic acids is 2. The van der Waals surface area contributed by atoms with E-state index in [1.54, 1.807) is 60.7 Å².